The van der Waals surface area contributed by atoms with Gasteiger partial charge in [0.15, 0.2) is 0 Å². The van der Waals surface area contributed by atoms with Gasteiger partial charge in [0.25, 0.3) is 5.91 Å². The summed E-state index contributed by atoms with van der Waals surface area (Å²) in [5.74, 6) is 0.800. The van der Waals surface area contributed by atoms with Crippen molar-refractivity contribution in [3.63, 3.8) is 0 Å². The summed E-state index contributed by atoms with van der Waals surface area (Å²) in [6, 6.07) is 14.8. The van der Waals surface area contributed by atoms with E-state index in [0.717, 1.165) is 35.5 Å². The number of unbranched alkanes of at least 4 members (excludes halogenated alkanes) is 2. The number of nitrogens with zero attached hydrogens (tertiary/aromatic N) is 2. The largest absolute Gasteiger partial charge is 0.494 e. The number of nitrogens with one attached hydrogen (secondary N) is 1. The Morgan fingerprint density at radius 1 is 1.14 bits per heavy atom. The van der Waals surface area contributed by atoms with Gasteiger partial charge in [-0.1, -0.05) is 30.9 Å². The monoisotopic (exact) mass is 397 g/mol. The first-order chi connectivity index (χ1) is 13.7. The fraction of sp³-hybridized carbons (Fsp3) is 0.286. The van der Waals surface area contributed by atoms with Crippen LogP contribution >= 0.6 is 11.8 Å². The number of anilines is 1. The molecule has 146 valence electrons. The summed E-state index contributed by atoms with van der Waals surface area (Å²) >= 11 is 1.63. The highest BCUT2D eigenvalue weighted by atomic mass is 32.2. The predicted molar refractivity (Wildman–Crippen MR) is 111 cm³/mol. The van der Waals surface area contributed by atoms with Crippen molar-refractivity contribution in [3.05, 3.63) is 54.1 Å². The molecule has 1 amide bonds. The van der Waals surface area contributed by atoms with Gasteiger partial charge in [-0.05, 0) is 55.1 Å². The van der Waals surface area contributed by atoms with Crippen LogP contribution < -0.4 is 10.1 Å². The molecule has 28 heavy (non-hydrogen) atoms. The predicted octanol–water partition coefficient (Wildman–Crippen LogP) is 5.28. The van der Waals surface area contributed by atoms with E-state index in [1.54, 1.807) is 36.0 Å². The maximum atomic E-state index is 12.4. The van der Waals surface area contributed by atoms with Crippen LogP contribution in [0.5, 0.6) is 5.75 Å². The van der Waals surface area contributed by atoms with E-state index in [9.17, 15) is 4.79 Å². The Labute approximate surface area is 168 Å². The lowest BCUT2D eigenvalue weighted by Gasteiger charge is -2.06. The molecule has 3 aromatic rings. The number of amides is 1. The molecule has 6 nitrogen and oxygen atoms in total. The Balaban J connectivity index is 1.59. The van der Waals surface area contributed by atoms with Crippen molar-refractivity contribution in [3.8, 4) is 17.2 Å². The molecular weight excluding hydrogens is 374 g/mol. The second kappa shape index (κ2) is 9.94. The molecule has 0 saturated heterocycles. The summed E-state index contributed by atoms with van der Waals surface area (Å²) in [5.41, 5.74) is 1.30. The van der Waals surface area contributed by atoms with Gasteiger partial charge in [0.1, 0.15) is 5.75 Å². The molecule has 1 heterocycles. The molecule has 0 bridgehead atoms. The molecule has 0 aliphatic rings. The van der Waals surface area contributed by atoms with Crippen molar-refractivity contribution >= 4 is 23.7 Å². The van der Waals surface area contributed by atoms with Gasteiger partial charge in [-0.15, -0.1) is 16.9 Å². The molecule has 0 aliphatic heterocycles. The van der Waals surface area contributed by atoms with Crippen LogP contribution in [0, 0.1) is 0 Å². The van der Waals surface area contributed by atoms with E-state index in [1.165, 1.54) is 0 Å². The van der Waals surface area contributed by atoms with Gasteiger partial charge in [0.2, 0.25) is 5.89 Å². The van der Waals surface area contributed by atoms with Crippen LogP contribution in [0.4, 0.5) is 6.01 Å². The Kier molecular flexibility index (Phi) is 7.08. The molecule has 0 atom stereocenters. The van der Waals surface area contributed by atoms with Crippen molar-refractivity contribution in [1.29, 1.82) is 0 Å². The van der Waals surface area contributed by atoms with Gasteiger partial charge in [-0.3, -0.25) is 10.1 Å². The fourth-order valence-electron chi connectivity index (χ4n) is 2.56. The van der Waals surface area contributed by atoms with Crippen molar-refractivity contribution in [1.82, 2.24) is 10.2 Å². The summed E-state index contributed by atoms with van der Waals surface area (Å²) < 4.78 is 11.2. The van der Waals surface area contributed by atoms with E-state index in [1.807, 2.05) is 30.5 Å². The number of thioether (sulfide) groups is 1. The van der Waals surface area contributed by atoms with Crippen LogP contribution in [-0.4, -0.2) is 29.0 Å². The molecule has 0 saturated carbocycles. The number of hydrogen-bond donors (Lipinski definition) is 1. The first-order valence-corrected chi connectivity index (χ1v) is 10.4. The number of benzene rings is 2. The summed E-state index contributed by atoms with van der Waals surface area (Å²) in [6.45, 7) is 2.84. The summed E-state index contributed by atoms with van der Waals surface area (Å²) in [4.78, 5) is 13.5. The Bertz CT molecular complexity index is 909. The molecule has 0 fully saturated rings. The van der Waals surface area contributed by atoms with Gasteiger partial charge in [0, 0.05) is 16.0 Å². The minimum Gasteiger partial charge on any atom is -0.494 e. The Morgan fingerprint density at radius 3 is 2.71 bits per heavy atom. The van der Waals surface area contributed by atoms with Crippen molar-refractivity contribution in [2.45, 2.75) is 31.1 Å². The first kappa shape index (κ1) is 19.9. The Morgan fingerprint density at radius 2 is 1.96 bits per heavy atom. The molecule has 2 aromatic carbocycles. The lowest BCUT2D eigenvalue weighted by Crippen LogP contribution is -2.12. The number of carbonyl (C=O) groups is 1. The van der Waals surface area contributed by atoms with E-state index in [-0.39, 0.29) is 11.9 Å². The average molecular weight is 398 g/mol. The molecule has 1 aromatic heterocycles. The van der Waals surface area contributed by atoms with Crippen LogP contribution in [0.2, 0.25) is 0 Å². The first-order valence-electron chi connectivity index (χ1n) is 9.21. The zero-order valence-corrected chi connectivity index (χ0v) is 16.8. The van der Waals surface area contributed by atoms with Gasteiger partial charge in [-0.25, -0.2) is 0 Å². The van der Waals surface area contributed by atoms with Gasteiger partial charge in [-0.2, -0.15) is 0 Å². The lowest BCUT2D eigenvalue weighted by molar-refractivity contribution is 0.102. The van der Waals surface area contributed by atoms with Gasteiger partial charge in [0.05, 0.1) is 6.61 Å². The van der Waals surface area contributed by atoms with Crippen LogP contribution in [0.15, 0.2) is 57.8 Å². The van der Waals surface area contributed by atoms with Crippen LogP contribution in [0.3, 0.4) is 0 Å². The third-order valence-corrected chi connectivity index (χ3v) is 4.82. The quantitative estimate of drug-likeness (QED) is 0.391. The lowest BCUT2D eigenvalue weighted by atomic mass is 10.2. The molecule has 3 rings (SSSR count). The fourth-order valence-corrected chi connectivity index (χ4v) is 3.02. The molecule has 0 spiro atoms. The van der Waals surface area contributed by atoms with E-state index in [2.05, 4.69) is 22.4 Å². The van der Waals surface area contributed by atoms with Gasteiger partial charge < -0.3 is 9.15 Å². The summed E-state index contributed by atoms with van der Waals surface area (Å²) in [7, 11) is 0. The number of ether oxygens (including phenoxy) is 1. The van der Waals surface area contributed by atoms with Crippen molar-refractivity contribution in [2.24, 2.45) is 0 Å². The van der Waals surface area contributed by atoms with Crippen LogP contribution in [-0.2, 0) is 0 Å². The highest BCUT2D eigenvalue weighted by Gasteiger charge is 2.13. The second-order valence-corrected chi connectivity index (χ2v) is 7.06. The molecule has 0 radical (unpaired) electrons. The number of carbonyl (C=O) groups excluding carboxylic acids is 1. The van der Waals surface area contributed by atoms with Crippen molar-refractivity contribution in [2.75, 3.05) is 18.2 Å². The minimum absolute atomic E-state index is 0.0643. The smallest absolute Gasteiger partial charge is 0.322 e. The minimum atomic E-state index is -0.314. The molecule has 0 unspecified atom stereocenters. The zero-order chi connectivity index (χ0) is 19.8. The second-order valence-electron chi connectivity index (χ2n) is 6.18. The summed E-state index contributed by atoms with van der Waals surface area (Å²) in [5, 5.41) is 10.6. The highest BCUT2D eigenvalue weighted by Crippen LogP contribution is 2.24. The highest BCUT2D eigenvalue weighted by molar-refractivity contribution is 7.98. The topological polar surface area (TPSA) is 77.2 Å². The maximum absolute atomic E-state index is 12.4. The zero-order valence-electron chi connectivity index (χ0n) is 16.0. The number of rotatable bonds is 9. The SMILES string of the molecule is CCCCCOc1ccc(C(=O)Nc2nnc(-c3cccc(SC)c3)o2)cc1. The van der Waals surface area contributed by atoms with E-state index in [0.29, 0.717) is 18.1 Å². The van der Waals surface area contributed by atoms with Gasteiger partial charge >= 0.3 is 6.01 Å². The van der Waals surface area contributed by atoms with E-state index >= 15 is 0 Å². The average Bonchev–Trinajstić information content (AvgIpc) is 3.20. The van der Waals surface area contributed by atoms with Crippen LogP contribution in [0.1, 0.15) is 36.5 Å². The van der Waals surface area contributed by atoms with Crippen molar-refractivity contribution < 1.29 is 13.9 Å². The molecule has 0 aliphatic carbocycles. The standard InChI is InChI=1S/C21H23N3O3S/c1-3-4-5-13-26-17-11-9-15(10-12-17)19(25)22-21-24-23-20(27-21)16-7-6-8-18(14-16)28-2/h6-12,14H,3-5,13H2,1-2H3,(H,22,24,25). The van der Waals surface area contributed by atoms with E-state index in [4.69, 9.17) is 9.15 Å². The molecular formula is C21H23N3O3S. The third-order valence-electron chi connectivity index (χ3n) is 4.10. The number of hydrogen-bond acceptors (Lipinski definition) is 6. The summed E-state index contributed by atoms with van der Waals surface area (Å²) in [6.07, 6.45) is 5.33. The Hall–Kier alpha value is -2.80. The van der Waals surface area contributed by atoms with E-state index < -0.39 is 0 Å². The third kappa shape index (κ3) is 5.36. The maximum Gasteiger partial charge on any atom is 0.322 e. The molecule has 7 heteroatoms. The van der Waals surface area contributed by atoms with Crippen LogP contribution in [0.25, 0.3) is 11.5 Å². The molecule has 1 N–H and O–H groups in total. The normalized spacial score (nSPS) is 10.6. The number of aromatic nitrogens is 2.